The number of benzene rings is 1. The van der Waals surface area contributed by atoms with Crippen molar-refractivity contribution in [3.63, 3.8) is 0 Å². The van der Waals surface area contributed by atoms with E-state index in [9.17, 15) is 9.59 Å². The Morgan fingerprint density at radius 2 is 1.73 bits per heavy atom. The van der Waals surface area contributed by atoms with Crippen molar-refractivity contribution in [2.75, 3.05) is 48.7 Å². The fourth-order valence-corrected chi connectivity index (χ4v) is 4.76. The third-order valence-corrected chi connectivity index (χ3v) is 6.66. The van der Waals surface area contributed by atoms with E-state index in [2.05, 4.69) is 25.4 Å². The fraction of sp³-hybridized carbons (Fsp3) is 0.333. The van der Waals surface area contributed by atoms with Crippen LogP contribution < -0.4 is 16.0 Å². The number of nitrogens with zero attached hydrogens (tertiary/aromatic N) is 8. The van der Waals surface area contributed by atoms with Gasteiger partial charge in [0, 0.05) is 38.4 Å². The van der Waals surface area contributed by atoms with Crippen LogP contribution in [0.5, 0.6) is 0 Å². The molecule has 0 radical (unpaired) electrons. The van der Waals surface area contributed by atoms with Gasteiger partial charge in [-0.25, -0.2) is 4.79 Å². The third kappa shape index (κ3) is 4.39. The maximum atomic E-state index is 13.5. The number of amides is 3. The number of aromatic nitrogens is 5. The second-order valence-electron chi connectivity index (χ2n) is 8.97. The van der Waals surface area contributed by atoms with Gasteiger partial charge in [-0.05, 0) is 37.1 Å². The van der Waals surface area contributed by atoms with Gasteiger partial charge in [0.1, 0.15) is 6.04 Å². The Balaban J connectivity index is 1.14. The Kier molecular flexibility index (Phi) is 5.79. The topological polar surface area (TPSA) is 151 Å². The second-order valence-corrected chi connectivity index (χ2v) is 8.97. The number of nitrogen functional groups attached to an aromatic ring is 1. The third-order valence-electron chi connectivity index (χ3n) is 6.66. The zero-order valence-electron chi connectivity index (χ0n) is 20.0. The van der Waals surface area contributed by atoms with Crippen LogP contribution in [0.15, 0.2) is 53.1 Å². The molecule has 0 aliphatic carbocycles. The van der Waals surface area contributed by atoms with Crippen LogP contribution in [0.3, 0.4) is 0 Å². The smallest absolute Gasteiger partial charge is 0.321 e. The standard InChI is InChI=1S/C24H26N10O3/c25-21-28-22(29-23-27-19(30-34(21)23)18-9-5-15-37-18)33-10-4-8-17(33)20(35)31-11-13-32(14-12-31)24(36)26-16-6-2-1-3-7-16/h1-3,5-7,9,15,17H,4,8,10-14H2,(H,26,36)(H2,25,27,28,29,30)/t17-/m0/s1. The van der Waals surface area contributed by atoms with E-state index in [1.165, 1.54) is 10.8 Å². The van der Waals surface area contributed by atoms with Gasteiger partial charge in [-0.3, -0.25) is 4.79 Å². The van der Waals surface area contributed by atoms with Gasteiger partial charge >= 0.3 is 6.03 Å². The molecule has 1 aromatic carbocycles. The number of para-hydroxylation sites is 1. The van der Waals surface area contributed by atoms with E-state index in [1.54, 1.807) is 17.0 Å². The molecule has 13 heteroatoms. The largest absolute Gasteiger partial charge is 0.461 e. The Bertz CT molecular complexity index is 1410. The van der Waals surface area contributed by atoms with Gasteiger partial charge in [0.05, 0.1) is 6.26 Å². The van der Waals surface area contributed by atoms with Gasteiger partial charge in [-0.2, -0.15) is 19.5 Å². The van der Waals surface area contributed by atoms with Crippen molar-refractivity contribution in [3.05, 3.63) is 48.7 Å². The normalized spacial score (nSPS) is 17.9. The highest BCUT2D eigenvalue weighted by Crippen LogP contribution is 2.26. The minimum atomic E-state index is -0.404. The predicted molar refractivity (Wildman–Crippen MR) is 135 cm³/mol. The number of hydrogen-bond acceptors (Lipinski definition) is 9. The second kappa shape index (κ2) is 9.41. The van der Waals surface area contributed by atoms with E-state index in [1.807, 2.05) is 40.1 Å². The number of carbonyl (C=O) groups excluding carboxylic acids is 2. The number of urea groups is 1. The highest BCUT2D eigenvalue weighted by Gasteiger charge is 2.37. The van der Waals surface area contributed by atoms with Crippen LogP contribution in [0.2, 0.25) is 0 Å². The molecule has 3 amide bonds. The predicted octanol–water partition coefficient (Wildman–Crippen LogP) is 1.71. The molecule has 2 aliphatic rings. The highest BCUT2D eigenvalue weighted by molar-refractivity contribution is 5.90. The average Bonchev–Trinajstić information content (AvgIpc) is 3.69. The maximum Gasteiger partial charge on any atom is 0.321 e. The number of nitrogens with two attached hydrogens (primary N) is 1. The van der Waals surface area contributed by atoms with Crippen molar-refractivity contribution >= 4 is 35.3 Å². The molecule has 0 bridgehead atoms. The Morgan fingerprint density at radius 1 is 0.946 bits per heavy atom. The Labute approximate surface area is 211 Å². The van der Waals surface area contributed by atoms with Crippen LogP contribution in [0.4, 0.5) is 22.4 Å². The first-order valence-electron chi connectivity index (χ1n) is 12.2. The van der Waals surface area contributed by atoms with Gasteiger partial charge in [-0.15, -0.1) is 5.10 Å². The van der Waals surface area contributed by atoms with E-state index in [0.29, 0.717) is 56.7 Å². The fourth-order valence-electron chi connectivity index (χ4n) is 4.76. The lowest BCUT2D eigenvalue weighted by atomic mass is 10.1. The van der Waals surface area contributed by atoms with Gasteiger partial charge < -0.3 is 30.2 Å². The lowest BCUT2D eigenvalue weighted by Crippen LogP contribution is -2.55. The van der Waals surface area contributed by atoms with E-state index >= 15 is 0 Å². The number of fused-ring (bicyclic) bond motifs is 1. The van der Waals surface area contributed by atoms with Crippen LogP contribution in [-0.4, -0.2) is 85.1 Å². The molecule has 0 unspecified atom stereocenters. The summed E-state index contributed by atoms with van der Waals surface area (Å²) in [6.07, 6.45) is 3.05. The number of furan rings is 1. The van der Waals surface area contributed by atoms with Gasteiger partial charge in [0.15, 0.2) is 5.76 Å². The molecular weight excluding hydrogens is 476 g/mol. The summed E-state index contributed by atoms with van der Waals surface area (Å²) in [6, 6.07) is 12.3. The summed E-state index contributed by atoms with van der Waals surface area (Å²) in [7, 11) is 0. The van der Waals surface area contributed by atoms with Crippen molar-refractivity contribution in [1.29, 1.82) is 0 Å². The molecule has 2 saturated heterocycles. The van der Waals surface area contributed by atoms with E-state index in [-0.39, 0.29) is 23.7 Å². The maximum absolute atomic E-state index is 13.5. The molecular formula is C24H26N10O3. The molecule has 37 heavy (non-hydrogen) atoms. The molecule has 4 aromatic rings. The molecule has 190 valence electrons. The minimum absolute atomic E-state index is 0.000374. The number of carbonyl (C=O) groups is 2. The molecule has 3 N–H and O–H groups in total. The number of piperazine rings is 1. The zero-order chi connectivity index (χ0) is 25.4. The molecule has 0 saturated carbocycles. The summed E-state index contributed by atoms with van der Waals surface area (Å²) in [5.41, 5.74) is 6.91. The van der Waals surface area contributed by atoms with Crippen LogP contribution in [-0.2, 0) is 4.79 Å². The monoisotopic (exact) mass is 502 g/mol. The summed E-state index contributed by atoms with van der Waals surface area (Å²) in [5, 5.41) is 7.23. The molecule has 0 spiro atoms. The first kappa shape index (κ1) is 22.8. The number of hydrogen-bond donors (Lipinski definition) is 2. The lowest BCUT2D eigenvalue weighted by Gasteiger charge is -2.37. The average molecular weight is 503 g/mol. The molecule has 2 aliphatic heterocycles. The van der Waals surface area contributed by atoms with E-state index < -0.39 is 6.04 Å². The van der Waals surface area contributed by atoms with Crippen molar-refractivity contribution in [2.24, 2.45) is 0 Å². The summed E-state index contributed by atoms with van der Waals surface area (Å²) in [5.74, 6) is 1.61. The molecule has 2 fully saturated rings. The minimum Gasteiger partial charge on any atom is -0.461 e. The van der Waals surface area contributed by atoms with E-state index in [4.69, 9.17) is 10.2 Å². The van der Waals surface area contributed by atoms with Crippen molar-refractivity contribution in [3.8, 4) is 11.6 Å². The first-order chi connectivity index (χ1) is 18.1. The van der Waals surface area contributed by atoms with Crippen molar-refractivity contribution in [1.82, 2.24) is 34.4 Å². The quantitative estimate of drug-likeness (QED) is 0.425. The van der Waals surface area contributed by atoms with Crippen LogP contribution in [0.25, 0.3) is 17.4 Å². The summed E-state index contributed by atoms with van der Waals surface area (Å²) >= 11 is 0. The SMILES string of the molecule is Nc1nc(N2CCC[C@H]2C(=O)N2CCN(C(=O)Nc3ccccc3)CC2)nc2nc(-c3ccco3)nn12. The molecule has 1 atom stereocenters. The summed E-state index contributed by atoms with van der Waals surface area (Å²) < 4.78 is 6.73. The van der Waals surface area contributed by atoms with Crippen LogP contribution in [0.1, 0.15) is 12.8 Å². The number of nitrogens with one attached hydrogen (secondary N) is 1. The Hall–Kier alpha value is -4.68. The van der Waals surface area contributed by atoms with Crippen LogP contribution in [0, 0.1) is 0 Å². The van der Waals surface area contributed by atoms with E-state index in [0.717, 1.165) is 12.1 Å². The summed E-state index contributed by atoms with van der Waals surface area (Å²) in [6.45, 7) is 2.47. The number of rotatable bonds is 4. The Morgan fingerprint density at radius 3 is 2.49 bits per heavy atom. The molecule has 13 nitrogen and oxygen atoms in total. The van der Waals surface area contributed by atoms with Gasteiger partial charge in [-0.1, -0.05) is 18.2 Å². The molecule has 6 rings (SSSR count). The lowest BCUT2D eigenvalue weighted by molar-refractivity contribution is -0.133. The molecule has 5 heterocycles. The van der Waals surface area contributed by atoms with Crippen molar-refractivity contribution < 1.29 is 14.0 Å². The zero-order valence-corrected chi connectivity index (χ0v) is 20.0. The highest BCUT2D eigenvalue weighted by atomic mass is 16.3. The summed E-state index contributed by atoms with van der Waals surface area (Å²) in [4.78, 5) is 44.9. The van der Waals surface area contributed by atoms with Gasteiger partial charge in [0.25, 0.3) is 5.78 Å². The van der Waals surface area contributed by atoms with Gasteiger partial charge in [0.2, 0.25) is 23.6 Å². The number of anilines is 3. The van der Waals surface area contributed by atoms with Crippen molar-refractivity contribution in [2.45, 2.75) is 18.9 Å². The first-order valence-corrected chi connectivity index (χ1v) is 12.2. The molecule has 3 aromatic heterocycles. The van der Waals surface area contributed by atoms with Crippen LogP contribution >= 0.6 is 0 Å².